The zero-order valence-electron chi connectivity index (χ0n) is 10.0. The Morgan fingerprint density at radius 1 is 1.33 bits per heavy atom. The van der Waals surface area contributed by atoms with Crippen LogP contribution in [0, 0.1) is 0 Å². The van der Waals surface area contributed by atoms with Crippen molar-refractivity contribution in [2.45, 2.75) is 26.6 Å². The molecule has 0 fully saturated rings. The third kappa shape index (κ3) is 4.27. The summed E-state index contributed by atoms with van der Waals surface area (Å²) in [5, 5.41) is 0. The summed E-state index contributed by atoms with van der Waals surface area (Å²) in [6, 6.07) is 4.30. The largest absolute Gasteiger partial charge is 0.573 e. The molecule has 0 aromatic heterocycles. The number of carbonyl (C=O) groups is 1. The normalized spacial score (nSPS) is 11.2. The van der Waals surface area contributed by atoms with E-state index in [0.717, 1.165) is 0 Å². The number of carbonyl (C=O) groups excluding carboxylic acids is 1. The number of hydrogen-bond acceptors (Lipinski definition) is 3. The molecule has 1 aromatic rings. The summed E-state index contributed by atoms with van der Waals surface area (Å²) >= 11 is 0. The van der Waals surface area contributed by atoms with Crippen molar-refractivity contribution in [3.8, 4) is 11.5 Å². The second kappa shape index (κ2) is 5.75. The number of halogens is 3. The Labute approximate surface area is 103 Å². The first-order valence-corrected chi connectivity index (χ1v) is 5.33. The molecule has 0 atom stereocenters. The minimum atomic E-state index is -4.82. The van der Waals surface area contributed by atoms with E-state index in [2.05, 4.69) is 4.74 Å². The molecule has 100 valence electrons. The Morgan fingerprint density at radius 2 is 2.00 bits per heavy atom. The molecular weight excluding hydrogens is 249 g/mol. The number of alkyl halides is 3. The van der Waals surface area contributed by atoms with Crippen LogP contribution in [0.4, 0.5) is 13.2 Å². The summed E-state index contributed by atoms with van der Waals surface area (Å²) in [7, 11) is 0. The molecule has 0 aliphatic carbocycles. The first-order chi connectivity index (χ1) is 8.33. The summed E-state index contributed by atoms with van der Waals surface area (Å²) in [4.78, 5) is 11.0. The lowest BCUT2D eigenvalue weighted by molar-refractivity contribution is -0.275. The number of para-hydroxylation sites is 1. The van der Waals surface area contributed by atoms with Crippen LogP contribution in [0.15, 0.2) is 18.2 Å². The van der Waals surface area contributed by atoms with Crippen LogP contribution in [0.25, 0.3) is 0 Å². The van der Waals surface area contributed by atoms with E-state index in [1.807, 2.05) is 0 Å². The summed E-state index contributed by atoms with van der Waals surface area (Å²) in [5.74, 6) is -0.716. The summed E-state index contributed by atoms with van der Waals surface area (Å²) in [6.07, 6.45) is -4.95. The van der Waals surface area contributed by atoms with Crippen molar-refractivity contribution in [3.05, 3.63) is 23.8 Å². The van der Waals surface area contributed by atoms with Crippen molar-refractivity contribution < 1.29 is 27.4 Å². The lowest BCUT2D eigenvalue weighted by atomic mass is 10.1. The molecule has 0 bridgehead atoms. The number of ketones is 1. The summed E-state index contributed by atoms with van der Waals surface area (Å²) in [6.45, 7) is 3.15. The average molecular weight is 262 g/mol. The molecule has 6 heteroatoms. The van der Waals surface area contributed by atoms with Gasteiger partial charge in [0.2, 0.25) is 0 Å². The van der Waals surface area contributed by atoms with Gasteiger partial charge in [0.1, 0.15) is 5.78 Å². The van der Waals surface area contributed by atoms with Gasteiger partial charge >= 0.3 is 6.36 Å². The van der Waals surface area contributed by atoms with Crippen molar-refractivity contribution in [1.82, 2.24) is 0 Å². The predicted molar refractivity (Wildman–Crippen MR) is 58.7 cm³/mol. The van der Waals surface area contributed by atoms with Gasteiger partial charge in [-0.1, -0.05) is 12.1 Å². The Hall–Kier alpha value is -1.72. The van der Waals surface area contributed by atoms with Crippen LogP contribution in [0.2, 0.25) is 0 Å². The van der Waals surface area contributed by atoms with E-state index in [1.165, 1.54) is 25.1 Å². The molecule has 0 radical (unpaired) electrons. The number of benzene rings is 1. The minimum absolute atomic E-state index is 0.0198. The number of hydrogen-bond donors (Lipinski definition) is 0. The highest BCUT2D eigenvalue weighted by atomic mass is 19.4. The molecule has 0 aliphatic rings. The highest BCUT2D eigenvalue weighted by Gasteiger charge is 2.33. The third-order valence-corrected chi connectivity index (χ3v) is 2.02. The second-order valence-electron chi connectivity index (χ2n) is 3.60. The molecule has 1 aromatic carbocycles. The molecule has 0 N–H and O–H groups in total. The predicted octanol–water partition coefficient (Wildman–Crippen LogP) is 3.12. The maximum absolute atomic E-state index is 12.3. The molecule has 0 saturated heterocycles. The summed E-state index contributed by atoms with van der Waals surface area (Å²) < 4.78 is 46.0. The van der Waals surface area contributed by atoms with Gasteiger partial charge in [-0.15, -0.1) is 13.2 Å². The van der Waals surface area contributed by atoms with Crippen LogP contribution in [0.1, 0.15) is 19.4 Å². The molecule has 0 heterocycles. The van der Waals surface area contributed by atoms with Crippen LogP contribution in [-0.2, 0) is 11.2 Å². The van der Waals surface area contributed by atoms with Gasteiger partial charge in [0.05, 0.1) is 6.61 Å². The molecule has 0 amide bonds. The van der Waals surface area contributed by atoms with Gasteiger partial charge in [0.25, 0.3) is 0 Å². The molecule has 18 heavy (non-hydrogen) atoms. The van der Waals surface area contributed by atoms with Crippen molar-refractivity contribution in [2.75, 3.05) is 6.61 Å². The Bertz CT molecular complexity index is 427. The van der Waals surface area contributed by atoms with Gasteiger partial charge in [-0.2, -0.15) is 0 Å². The van der Waals surface area contributed by atoms with E-state index in [1.54, 1.807) is 6.92 Å². The smallest absolute Gasteiger partial charge is 0.490 e. The van der Waals surface area contributed by atoms with E-state index in [-0.39, 0.29) is 30.1 Å². The zero-order chi connectivity index (χ0) is 13.8. The van der Waals surface area contributed by atoms with Crippen LogP contribution in [-0.4, -0.2) is 18.8 Å². The number of rotatable bonds is 5. The van der Waals surface area contributed by atoms with E-state index in [4.69, 9.17) is 4.74 Å². The maximum Gasteiger partial charge on any atom is 0.573 e. The summed E-state index contributed by atoms with van der Waals surface area (Å²) in [5.41, 5.74) is 0.158. The third-order valence-electron chi connectivity index (χ3n) is 2.02. The van der Waals surface area contributed by atoms with Gasteiger partial charge in [-0.3, -0.25) is 4.79 Å². The highest BCUT2D eigenvalue weighted by molar-refractivity contribution is 5.79. The molecule has 0 saturated carbocycles. The van der Waals surface area contributed by atoms with Crippen LogP contribution in [0.3, 0.4) is 0 Å². The average Bonchev–Trinajstić information content (AvgIpc) is 2.20. The minimum Gasteiger partial charge on any atom is -0.490 e. The SMILES string of the molecule is CCOc1cccc(CC(C)=O)c1OC(F)(F)F. The zero-order valence-corrected chi connectivity index (χ0v) is 10.0. The molecule has 0 aliphatic heterocycles. The fraction of sp³-hybridized carbons (Fsp3) is 0.417. The van der Waals surface area contributed by atoms with Crippen LogP contribution >= 0.6 is 0 Å². The quantitative estimate of drug-likeness (QED) is 0.817. The van der Waals surface area contributed by atoms with Gasteiger partial charge in [0, 0.05) is 12.0 Å². The fourth-order valence-electron chi connectivity index (χ4n) is 1.47. The van der Waals surface area contributed by atoms with Crippen molar-refractivity contribution in [2.24, 2.45) is 0 Å². The van der Waals surface area contributed by atoms with Gasteiger partial charge in [-0.05, 0) is 19.9 Å². The standard InChI is InChI=1S/C12H13F3O3/c1-3-17-10-6-4-5-9(7-8(2)16)11(10)18-12(13,14)15/h4-6H,3,7H2,1-2H3. The molecule has 0 spiro atoms. The van der Waals surface area contributed by atoms with E-state index in [9.17, 15) is 18.0 Å². The Kier molecular flexibility index (Phi) is 4.58. The molecule has 0 unspecified atom stereocenters. The molecule has 3 nitrogen and oxygen atoms in total. The topological polar surface area (TPSA) is 35.5 Å². The second-order valence-corrected chi connectivity index (χ2v) is 3.60. The number of ether oxygens (including phenoxy) is 2. The monoisotopic (exact) mass is 262 g/mol. The number of Topliss-reactive ketones (excluding diaryl/α,β-unsaturated/α-hetero) is 1. The van der Waals surface area contributed by atoms with E-state index in [0.29, 0.717) is 0 Å². The highest BCUT2D eigenvalue weighted by Crippen LogP contribution is 2.36. The lowest BCUT2D eigenvalue weighted by Gasteiger charge is -2.16. The maximum atomic E-state index is 12.3. The Balaban J connectivity index is 3.15. The van der Waals surface area contributed by atoms with E-state index < -0.39 is 12.1 Å². The fourth-order valence-corrected chi connectivity index (χ4v) is 1.47. The first-order valence-electron chi connectivity index (χ1n) is 5.33. The van der Waals surface area contributed by atoms with Gasteiger partial charge in [0.15, 0.2) is 11.5 Å². The van der Waals surface area contributed by atoms with Crippen molar-refractivity contribution in [3.63, 3.8) is 0 Å². The van der Waals surface area contributed by atoms with Gasteiger partial charge in [-0.25, -0.2) is 0 Å². The lowest BCUT2D eigenvalue weighted by Crippen LogP contribution is -2.19. The van der Waals surface area contributed by atoms with Crippen LogP contribution < -0.4 is 9.47 Å². The molecular formula is C12H13F3O3. The van der Waals surface area contributed by atoms with Gasteiger partial charge < -0.3 is 9.47 Å². The van der Waals surface area contributed by atoms with Crippen molar-refractivity contribution >= 4 is 5.78 Å². The Morgan fingerprint density at radius 3 is 2.50 bits per heavy atom. The van der Waals surface area contributed by atoms with E-state index >= 15 is 0 Å². The van der Waals surface area contributed by atoms with Crippen LogP contribution in [0.5, 0.6) is 11.5 Å². The van der Waals surface area contributed by atoms with Crippen molar-refractivity contribution in [1.29, 1.82) is 0 Å². The molecule has 1 rings (SSSR count). The first kappa shape index (κ1) is 14.3.